The number of carbonyl (C=O) groups excluding carboxylic acids is 1. The Morgan fingerprint density at radius 2 is 2.22 bits per heavy atom. The largest absolute Gasteiger partial charge is 0.405 e. The van der Waals surface area contributed by atoms with Gasteiger partial charge in [-0.25, -0.2) is 4.98 Å². The second kappa shape index (κ2) is 7.30. The number of fused-ring (bicyclic) bond motifs is 1. The van der Waals surface area contributed by atoms with Gasteiger partial charge in [-0.2, -0.15) is 22.8 Å². The number of aryl methyl sites for hydroxylation is 1. The molecule has 0 aliphatic heterocycles. The zero-order chi connectivity index (χ0) is 17.0. The Hall–Kier alpha value is -1.62. The van der Waals surface area contributed by atoms with Gasteiger partial charge in [0.1, 0.15) is 11.6 Å². The van der Waals surface area contributed by atoms with Gasteiger partial charge in [0.05, 0.1) is 11.4 Å². The fourth-order valence-electron chi connectivity index (χ4n) is 1.61. The highest BCUT2D eigenvalue weighted by Crippen LogP contribution is 2.15. The molecule has 0 saturated carbocycles. The minimum atomic E-state index is -4.43. The summed E-state index contributed by atoms with van der Waals surface area (Å²) in [6.45, 7) is 0.567. The number of hydrogen-bond donors (Lipinski definition) is 1. The van der Waals surface area contributed by atoms with E-state index in [1.165, 1.54) is 21.9 Å². The molecule has 6 nitrogen and oxygen atoms in total. The zero-order valence-electron chi connectivity index (χ0n) is 12.0. The van der Waals surface area contributed by atoms with E-state index in [1.54, 1.807) is 5.32 Å². The minimum absolute atomic E-state index is 0.139. The van der Waals surface area contributed by atoms with E-state index in [0.29, 0.717) is 17.1 Å². The first-order valence-corrected chi connectivity index (χ1v) is 8.55. The van der Waals surface area contributed by atoms with Crippen molar-refractivity contribution < 1.29 is 18.0 Å². The Morgan fingerprint density at radius 1 is 1.48 bits per heavy atom. The van der Waals surface area contributed by atoms with Crippen LogP contribution in [0.25, 0.3) is 4.96 Å². The van der Waals surface area contributed by atoms with Gasteiger partial charge in [0.2, 0.25) is 10.9 Å². The standard InChI is InChI=1S/C12H13F3N4O2S2/c1-2-9-18-19-10(21)3-7(17-11(19)23-9)4-22-5-8(20)16-6-12(13,14)15/h3H,2,4-6H2,1H3,(H,16,20). The van der Waals surface area contributed by atoms with Crippen LogP contribution in [0.15, 0.2) is 10.9 Å². The molecule has 2 aromatic heterocycles. The first-order chi connectivity index (χ1) is 10.8. The zero-order valence-corrected chi connectivity index (χ0v) is 13.6. The lowest BCUT2D eigenvalue weighted by Crippen LogP contribution is -2.34. The SMILES string of the molecule is CCc1nn2c(=O)cc(CSCC(=O)NCC(F)(F)F)nc2s1. The van der Waals surface area contributed by atoms with Gasteiger partial charge >= 0.3 is 6.18 Å². The van der Waals surface area contributed by atoms with Gasteiger partial charge in [0.15, 0.2) is 0 Å². The van der Waals surface area contributed by atoms with Crippen molar-refractivity contribution >= 4 is 34.0 Å². The molecular formula is C12H13F3N4O2S2. The molecule has 2 heterocycles. The van der Waals surface area contributed by atoms with E-state index in [9.17, 15) is 22.8 Å². The quantitative estimate of drug-likeness (QED) is 0.841. The molecule has 0 bridgehead atoms. The van der Waals surface area contributed by atoms with Gasteiger partial charge in [-0.1, -0.05) is 18.3 Å². The molecule has 0 saturated heterocycles. The van der Waals surface area contributed by atoms with Crippen LogP contribution in [0.5, 0.6) is 0 Å². The average Bonchev–Trinajstić information content (AvgIpc) is 2.88. The minimum Gasteiger partial charge on any atom is -0.346 e. The molecule has 11 heteroatoms. The molecule has 0 aliphatic carbocycles. The maximum absolute atomic E-state index is 12.0. The first kappa shape index (κ1) is 17.7. The van der Waals surface area contributed by atoms with E-state index in [1.807, 2.05) is 6.92 Å². The summed E-state index contributed by atoms with van der Waals surface area (Å²) in [7, 11) is 0. The van der Waals surface area contributed by atoms with Crippen molar-refractivity contribution in [2.24, 2.45) is 0 Å². The van der Waals surface area contributed by atoms with Crippen LogP contribution in [-0.4, -0.2) is 39.0 Å². The van der Waals surface area contributed by atoms with Crippen LogP contribution < -0.4 is 10.9 Å². The normalized spacial score (nSPS) is 11.8. The predicted octanol–water partition coefficient (Wildman–Crippen LogP) is 1.63. The topological polar surface area (TPSA) is 76.4 Å². The average molecular weight is 366 g/mol. The number of carbonyl (C=O) groups is 1. The highest BCUT2D eigenvalue weighted by molar-refractivity contribution is 7.99. The molecule has 0 spiro atoms. The van der Waals surface area contributed by atoms with Crippen LogP contribution in [0.2, 0.25) is 0 Å². The molecule has 0 aliphatic rings. The molecule has 126 valence electrons. The Bertz CT molecular complexity index is 757. The van der Waals surface area contributed by atoms with Crippen LogP contribution in [0.4, 0.5) is 13.2 Å². The van der Waals surface area contributed by atoms with Crippen molar-refractivity contribution in [1.29, 1.82) is 0 Å². The Labute approximate surface area is 137 Å². The molecule has 0 aromatic carbocycles. The monoisotopic (exact) mass is 366 g/mol. The summed E-state index contributed by atoms with van der Waals surface area (Å²) in [4.78, 5) is 27.9. The van der Waals surface area contributed by atoms with Crippen LogP contribution in [0, 0.1) is 0 Å². The molecule has 2 rings (SSSR count). The number of amides is 1. The molecule has 0 radical (unpaired) electrons. The summed E-state index contributed by atoms with van der Waals surface area (Å²) in [5.74, 6) is -0.596. The van der Waals surface area contributed by atoms with Crippen molar-refractivity contribution in [3.63, 3.8) is 0 Å². The molecule has 1 amide bonds. The van der Waals surface area contributed by atoms with E-state index in [4.69, 9.17) is 0 Å². The Morgan fingerprint density at radius 3 is 2.87 bits per heavy atom. The van der Waals surface area contributed by atoms with Gasteiger partial charge in [0, 0.05) is 11.8 Å². The number of halogens is 3. The molecule has 1 N–H and O–H groups in total. The summed E-state index contributed by atoms with van der Waals surface area (Å²) in [6, 6.07) is 1.31. The number of thioether (sulfide) groups is 1. The number of nitrogens with zero attached hydrogens (tertiary/aromatic N) is 3. The Kier molecular flexibility index (Phi) is 5.63. The van der Waals surface area contributed by atoms with Crippen molar-refractivity contribution in [3.8, 4) is 0 Å². The van der Waals surface area contributed by atoms with E-state index < -0.39 is 18.6 Å². The van der Waals surface area contributed by atoms with E-state index in [0.717, 1.165) is 16.8 Å². The fourth-order valence-corrected chi connectivity index (χ4v) is 3.22. The smallest absolute Gasteiger partial charge is 0.346 e. The van der Waals surface area contributed by atoms with E-state index in [-0.39, 0.29) is 17.1 Å². The highest BCUT2D eigenvalue weighted by Gasteiger charge is 2.27. The summed E-state index contributed by atoms with van der Waals surface area (Å²) < 4.78 is 37.1. The lowest BCUT2D eigenvalue weighted by Gasteiger charge is -2.07. The second-order valence-electron chi connectivity index (χ2n) is 4.51. The van der Waals surface area contributed by atoms with Gasteiger partial charge in [-0.15, -0.1) is 11.8 Å². The lowest BCUT2D eigenvalue weighted by atomic mass is 10.4. The molecule has 0 unspecified atom stereocenters. The molecule has 0 atom stereocenters. The number of alkyl halides is 3. The Balaban J connectivity index is 1.92. The van der Waals surface area contributed by atoms with E-state index >= 15 is 0 Å². The maximum atomic E-state index is 12.0. The number of nitrogens with one attached hydrogen (secondary N) is 1. The van der Waals surface area contributed by atoms with Gasteiger partial charge in [-0.3, -0.25) is 9.59 Å². The fraction of sp³-hybridized carbons (Fsp3) is 0.500. The highest BCUT2D eigenvalue weighted by atomic mass is 32.2. The van der Waals surface area contributed by atoms with Gasteiger partial charge in [0.25, 0.3) is 5.56 Å². The summed E-state index contributed by atoms with van der Waals surface area (Å²) in [6.07, 6.45) is -3.73. The number of rotatable bonds is 6. The number of aromatic nitrogens is 3. The van der Waals surface area contributed by atoms with Crippen molar-refractivity contribution in [2.45, 2.75) is 25.3 Å². The predicted molar refractivity (Wildman–Crippen MR) is 81.7 cm³/mol. The first-order valence-electron chi connectivity index (χ1n) is 6.58. The summed E-state index contributed by atoms with van der Waals surface area (Å²) in [5, 5.41) is 6.68. The van der Waals surface area contributed by atoms with Crippen molar-refractivity contribution in [2.75, 3.05) is 12.3 Å². The van der Waals surface area contributed by atoms with Crippen molar-refractivity contribution in [1.82, 2.24) is 19.9 Å². The molecule has 2 aromatic rings. The second-order valence-corrected chi connectivity index (χ2v) is 6.54. The summed E-state index contributed by atoms with van der Waals surface area (Å²) >= 11 is 2.39. The third-order valence-electron chi connectivity index (χ3n) is 2.61. The molecular weight excluding hydrogens is 353 g/mol. The van der Waals surface area contributed by atoms with Crippen molar-refractivity contribution in [3.05, 3.63) is 27.1 Å². The third-order valence-corrected chi connectivity index (χ3v) is 4.63. The van der Waals surface area contributed by atoms with Crippen LogP contribution >= 0.6 is 23.1 Å². The van der Waals surface area contributed by atoms with Gasteiger partial charge in [-0.05, 0) is 6.42 Å². The molecule has 0 fully saturated rings. The summed E-state index contributed by atoms with van der Waals surface area (Å²) in [5.41, 5.74) is 0.151. The van der Waals surface area contributed by atoms with Crippen LogP contribution in [0.1, 0.15) is 17.6 Å². The lowest BCUT2D eigenvalue weighted by molar-refractivity contribution is -0.136. The number of hydrogen-bond acceptors (Lipinski definition) is 6. The van der Waals surface area contributed by atoms with Crippen LogP contribution in [-0.2, 0) is 17.0 Å². The van der Waals surface area contributed by atoms with Gasteiger partial charge < -0.3 is 5.32 Å². The maximum Gasteiger partial charge on any atom is 0.405 e. The van der Waals surface area contributed by atoms with Crippen LogP contribution in [0.3, 0.4) is 0 Å². The van der Waals surface area contributed by atoms with E-state index in [2.05, 4.69) is 10.1 Å². The molecule has 23 heavy (non-hydrogen) atoms. The third kappa shape index (κ3) is 5.20.